The molecule has 2 N–H and O–H groups in total. The van der Waals surface area contributed by atoms with E-state index in [0.717, 1.165) is 10.8 Å². The van der Waals surface area contributed by atoms with Gasteiger partial charge in [0.05, 0.1) is 4.34 Å². The van der Waals surface area contributed by atoms with Crippen molar-refractivity contribution >= 4 is 28.9 Å². The average Bonchev–Trinajstić information content (AvgIpc) is 2.51. The van der Waals surface area contributed by atoms with Crippen molar-refractivity contribution in [2.75, 3.05) is 6.54 Å². The van der Waals surface area contributed by atoms with E-state index in [-0.39, 0.29) is 0 Å². The summed E-state index contributed by atoms with van der Waals surface area (Å²) in [7, 11) is 0. The number of aliphatic carboxylic acids is 1. The lowest BCUT2D eigenvalue weighted by molar-refractivity contribution is -0.138. The van der Waals surface area contributed by atoms with Crippen LogP contribution in [0.3, 0.4) is 0 Å². The first-order valence-corrected chi connectivity index (χ1v) is 5.49. The SMILES string of the molecule is CC(NCCc1ccc(Cl)s1)C(=O)O. The second-order valence-electron chi connectivity index (χ2n) is 2.97. The summed E-state index contributed by atoms with van der Waals surface area (Å²) in [5.41, 5.74) is 0. The van der Waals surface area contributed by atoms with Gasteiger partial charge in [0.15, 0.2) is 0 Å². The number of hydrogen-bond donors (Lipinski definition) is 2. The van der Waals surface area contributed by atoms with Gasteiger partial charge in [0.1, 0.15) is 6.04 Å². The highest BCUT2D eigenvalue weighted by atomic mass is 35.5. The fourth-order valence-electron chi connectivity index (χ4n) is 0.985. The van der Waals surface area contributed by atoms with Gasteiger partial charge in [0.25, 0.3) is 0 Å². The summed E-state index contributed by atoms with van der Waals surface area (Å²) in [5, 5.41) is 11.5. The van der Waals surface area contributed by atoms with Crippen LogP contribution in [0.2, 0.25) is 4.34 Å². The van der Waals surface area contributed by atoms with Gasteiger partial charge < -0.3 is 10.4 Å². The van der Waals surface area contributed by atoms with Gasteiger partial charge in [-0.2, -0.15) is 0 Å². The van der Waals surface area contributed by atoms with Gasteiger partial charge >= 0.3 is 5.97 Å². The second kappa shape index (κ2) is 5.34. The van der Waals surface area contributed by atoms with Gasteiger partial charge in [0, 0.05) is 11.4 Å². The first-order chi connectivity index (χ1) is 6.59. The Labute approximate surface area is 91.7 Å². The molecule has 0 fully saturated rings. The van der Waals surface area contributed by atoms with E-state index in [9.17, 15) is 4.79 Å². The Kier molecular flexibility index (Phi) is 4.38. The number of carboxylic acid groups (broad SMARTS) is 1. The lowest BCUT2D eigenvalue weighted by Crippen LogP contribution is -2.34. The minimum absolute atomic E-state index is 0.495. The van der Waals surface area contributed by atoms with Crippen LogP contribution < -0.4 is 5.32 Å². The number of hydrogen-bond acceptors (Lipinski definition) is 3. The van der Waals surface area contributed by atoms with E-state index in [1.54, 1.807) is 6.92 Å². The van der Waals surface area contributed by atoms with Crippen LogP contribution in [0.1, 0.15) is 11.8 Å². The highest BCUT2D eigenvalue weighted by Gasteiger charge is 2.08. The predicted molar refractivity (Wildman–Crippen MR) is 58.1 cm³/mol. The number of rotatable bonds is 5. The van der Waals surface area contributed by atoms with Crippen molar-refractivity contribution in [2.24, 2.45) is 0 Å². The maximum absolute atomic E-state index is 10.5. The summed E-state index contributed by atoms with van der Waals surface area (Å²) in [6.07, 6.45) is 0.814. The summed E-state index contributed by atoms with van der Waals surface area (Å²) in [6.45, 7) is 2.29. The van der Waals surface area contributed by atoms with Crippen molar-refractivity contribution in [1.29, 1.82) is 0 Å². The molecule has 5 heteroatoms. The lowest BCUT2D eigenvalue weighted by Gasteiger charge is -2.07. The van der Waals surface area contributed by atoms with Crippen LogP contribution in [0.5, 0.6) is 0 Å². The Morgan fingerprint density at radius 1 is 1.71 bits per heavy atom. The molecule has 1 aromatic heterocycles. The van der Waals surface area contributed by atoms with E-state index in [1.165, 1.54) is 16.2 Å². The van der Waals surface area contributed by atoms with Gasteiger partial charge in [-0.25, -0.2) is 0 Å². The zero-order valence-corrected chi connectivity index (χ0v) is 9.36. The quantitative estimate of drug-likeness (QED) is 0.818. The highest BCUT2D eigenvalue weighted by molar-refractivity contribution is 7.16. The second-order valence-corrected chi connectivity index (χ2v) is 4.77. The molecule has 3 nitrogen and oxygen atoms in total. The molecule has 0 aromatic carbocycles. The summed E-state index contributed by atoms with van der Waals surface area (Å²) >= 11 is 7.28. The topological polar surface area (TPSA) is 49.3 Å². The minimum Gasteiger partial charge on any atom is -0.480 e. The van der Waals surface area contributed by atoms with E-state index in [1.807, 2.05) is 12.1 Å². The molecule has 1 atom stereocenters. The molecule has 0 saturated heterocycles. The van der Waals surface area contributed by atoms with Crippen molar-refractivity contribution in [3.63, 3.8) is 0 Å². The number of nitrogens with one attached hydrogen (secondary N) is 1. The molecule has 1 aromatic rings. The minimum atomic E-state index is -0.825. The first kappa shape index (κ1) is 11.5. The molecular weight excluding hydrogens is 222 g/mol. The van der Waals surface area contributed by atoms with E-state index in [2.05, 4.69) is 5.32 Å². The molecule has 1 heterocycles. The van der Waals surface area contributed by atoms with E-state index < -0.39 is 12.0 Å². The summed E-state index contributed by atoms with van der Waals surface area (Å²) in [6, 6.07) is 3.31. The molecule has 1 rings (SSSR count). The van der Waals surface area contributed by atoms with Crippen LogP contribution >= 0.6 is 22.9 Å². The molecule has 0 aliphatic heterocycles. The zero-order valence-electron chi connectivity index (χ0n) is 7.79. The maximum atomic E-state index is 10.5. The van der Waals surface area contributed by atoms with Crippen molar-refractivity contribution in [3.05, 3.63) is 21.3 Å². The average molecular weight is 234 g/mol. The predicted octanol–water partition coefficient (Wildman–Crippen LogP) is 2.01. The Balaban J connectivity index is 2.25. The van der Waals surface area contributed by atoms with Crippen molar-refractivity contribution in [1.82, 2.24) is 5.32 Å². The normalized spacial score (nSPS) is 12.7. The molecule has 0 spiro atoms. The van der Waals surface area contributed by atoms with Gasteiger partial charge in [-0.3, -0.25) is 4.79 Å². The third-order valence-electron chi connectivity index (χ3n) is 1.82. The van der Waals surface area contributed by atoms with E-state index in [0.29, 0.717) is 6.54 Å². The largest absolute Gasteiger partial charge is 0.480 e. The van der Waals surface area contributed by atoms with E-state index in [4.69, 9.17) is 16.7 Å². The molecule has 0 aliphatic carbocycles. The number of halogens is 1. The van der Waals surface area contributed by atoms with Gasteiger partial charge in [0.2, 0.25) is 0 Å². The van der Waals surface area contributed by atoms with Crippen molar-refractivity contribution in [3.8, 4) is 0 Å². The van der Waals surface area contributed by atoms with Crippen LogP contribution in [0, 0.1) is 0 Å². The number of carbonyl (C=O) groups is 1. The molecule has 0 bridgehead atoms. The fraction of sp³-hybridized carbons (Fsp3) is 0.444. The Hall–Kier alpha value is -0.580. The molecule has 0 aliphatic rings. The molecular formula is C9H12ClNO2S. The number of carboxylic acids is 1. The summed E-state index contributed by atoms with van der Waals surface area (Å²) in [4.78, 5) is 11.6. The molecule has 14 heavy (non-hydrogen) atoms. The smallest absolute Gasteiger partial charge is 0.320 e. The third kappa shape index (κ3) is 3.65. The molecule has 0 saturated carbocycles. The van der Waals surface area contributed by atoms with Crippen LogP contribution in [0.15, 0.2) is 12.1 Å². The van der Waals surface area contributed by atoms with Gasteiger partial charge in [-0.1, -0.05) is 11.6 Å². The zero-order chi connectivity index (χ0) is 10.6. The molecule has 78 valence electrons. The van der Waals surface area contributed by atoms with Gasteiger partial charge in [-0.15, -0.1) is 11.3 Å². The lowest BCUT2D eigenvalue weighted by atomic mass is 10.3. The fourth-order valence-corrected chi connectivity index (χ4v) is 2.07. The summed E-state index contributed by atoms with van der Waals surface area (Å²) < 4.78 is 0.770. The van der Waals surface area contributed by atoms with Crippen LogP contribution in [-0.4, -0.2) is 23.7 Å². The van der Waals surface area contributed by atoms with Crippen LogP contribution in [-0.2, 0) is 11.2 Å². The summed E-state index contributed by atoms with van der Waals surface area (Å²) in [5.74, 6) is -0.825. The Morgan fingerprint density at radius 3 is 2.93 bits per heavy atom. The highest BCUT2D eigenvalue weighted by Crippen LogP contribution is 2.21. The first-order valence-electron chi connectivity index (χ1n) is 4.30. The molecule has 0 radical (unpaired) electrons. The molecule has 0 amide bonds. The van der Waals surface area contributed by atoms with Crippen LogP contribution in [0.25, 0.3) is 0 Å². The maximum Gasteiger partial charge on any atom is 0.320 e. The van der Waals surface area contributed by atoms with Crippen molar-refractivity contribution < 1.29 is 9.90 Å². The van der Waals surface area contributed by atoms with Gasteiger partial charge in [-0.05, 0) is 25.5 Å². The Morgan fingerprint density at radius 2 is 2.43 bits per heavy atom. The van der Waals surface area contributed by atoms with Crippen molar-refractivity contribution in [2.45, 2.75) is 19.4 Å². The molecule has 1 unspecified atom stereocenters. The standard InChI is InChI=1S/C9H12ClNO2S/c1-6(9(12)13)11-5-4-7-2-3-8(10)14-7/h2-3,6,11H,4-5H2,1H3,(H,12,13). The third-order valence-corrected chi connectivity index (χ3v) is 3.11. The van der Waals surface area contributed by atoms with E-state index >= 15 is 0 Å². The Bertz CT molecular complexity index is 314. The van der Waals surface area contributed by atoms with Crippen LogP contribution in [0.4, 0.5) is 0 Å². The monoisotopic (exact) mass is 233 g/mol. The number of thiophene rings is 1.